The van der Waals surface area contributed by atoms with Crippen molar-refractivity contribution < 1.29 is 9.59 Å². The van der Waals surface area contributed by atoms with Gasteiger partial charge in [-0.05, 0) is 49.1 Å². The second-order valence-corrected chi connectivity index (χ2v) is 7.74. The Hall–Kier alpha value is -2.76. The summed E-state index contributed by atoms with van der Waals surface area (Å²) < 4.78 is 0. The fraction of sp³-hybridized carbons (Fsp3) is 0.130. The molecule has 0 aliphatic rings. The van der Waals surface area contributed by atoms with Crippen LogP contribution < -0.4 is 10.6 Å². The van der Waals surface area contributed by atoms with Crippen LogP contribution >= 0.6 is 23.4 Å². The molecule has 0 fully saturated rings. The Morgan fingerprint density at radius 2 is 1.59 bits per heavy atom. The molecule has 0 aliphatic carbocycles. The molecule has 1 unspecified atom stereocenters. The summed E-state index contributed by atoms with van der Waals surface area (Å²) in [5.41, 5.74) is 2.19. The van der Waals surface area contributed by atoms with Crippen molar-refractivity contribution in [2.24, 2.45) is 0 Å². The molecule has 2 amide bonds. The summed E-state index contributed by atoms with van der Waals surface area (Å²) in [7, 11) is 0. The van der Waals surface area contributed by atoms with Gasteiger partial charge in [-0.3, -0.25) is 9.59 Å². The maximum atomic E-state index is 12.8. The van der Waals surface area contributed by atoms with Crippen molar-refractivity contribution in [2.45, 2.75) is 17.9 Å². The van der Waals surface area contributed by atoms with Crippen molar-refractivity contribution in [3.63, 3.8) is 0 Å². The molecule has 3 aromatic carbocycles. The lowest BCUT2D eigenvalue weighted by Crippen LogP contribution is -2.28. The van der Waals surface area contributed by atoms with Crippen LogP contribution in [0.15, 0.2) is 77.7 Å². The molecule has 4 nitrogen and oxygen atoms in total. The van der Waals surface area contributed by atoms with Crippen molar-refractivity contribution in [3.05, 3.63) is 94.5 Å². The molecule has 0 heterocycles. The summed E-state index contributed by atoms with van der Waals surface area (Å²) in [6.07, 6.45) is 1.93. The quantitative estimate of drug-likeness (QED) is 0.491. The Labute approximate surface area is 179 Å². The molecule has 0 saturated carbocycles. The average molecular weight is 425 g/mol. The zero-order chi connectivity index (χ0) is 20.8. The van der Waals surface area contributed by atoms with Crippen molar-refractivity contribution in [1.29, 1.82) is 0 Å². The van der Waals surface area contributed by atoms with Gasteiger partial charge in [-0.1, -0.05) is 54.1 Å². The standard InChI is InChI=1S/C23H21ClN2O2S/c1-15(16-8-4-3-5-9-16)25-22(27)18-10-6-7-11-21(18)26-23(28)19-14-17(29-2)12-13-20(19)24/h3-15H,1-2H3,(H,25,27)(H,26,28). The van der Waals surface area contributed by atoms with Gasteiger partial charge < -0.3 is 10.6 Å². The normalized spacial score (nSPS) is 11.6. The molecule has 0 radical (unpaired) electrons. The van der Waals surface area contributed by atoms with Crippen LogP contribution in [0.2, 0.25) is 5.02 Å². The highest BCUT2D eigenvalue weighted by Gasteiger charge is 2.18. The van der Waals surface area contributed by atoms with Gasteiger partial charge in [-0.15, -0.1) is 11.8 Å². The van der Waals surface area contributed by atoms with Gasteiger partial charge >= 0.3 is 0 Å². The van der Waals surface area contributed by atoms with Gasteiger partial charge in [0.05, 0.1) is 27.9 Å². The second-order valence-electron chi connectivity index (χ2n) is 6.45. The molecule has 3 aromatic rings. The Balaban J connectivity index is 1.80. The van der Waals surface area contributed by atoms with Gasteiger partial charge in [0.25, 0.3) is 11.8 Å². The first kappa shape index (κ1) is 21.0. The molecule has 3 rings (SSSR count). The average Bonchev–Trinajstić information content (AvgIpc) is 2.75. The molecular formula is C23H21ClN2O2S. The second kappa shape index (κ2) is 9.63. The number of halogens is 1. The van der Waals surface area contributed by atoms with E-state index in [1.54, 1.807) is 36.4 Å². The highest BCUT2D eigenvalue weighted by Crippen LogP contribution is 2.25. The first-order chi connectivity index (χ1) is 14.0. The van der Waals surface area contributed by atoms with Gasteiger partial charge in [-0.2, -0.15) is 0 Å². The number of anilines is 1. The number of amides is 2. The predicted molar refractivity (Wildman–Crippen MR) is 120 cm³/mol. The zero-order valence-corrected chi connectivity index (χ0v) is 17.7. The molecule has 2 N–H and O–H groups in total. The van der Waals surface area contributed by atoms with Gasteiger partial charge in [0.2, 0.25) is 0 Å². The van der Waals surface area contributed by atoms with Crippen LogP contribution in [0.3, 0.4) is 0 Å². The Bertz CT molecular complexity index is 1020. The van der Waals surface area contributed by atoms with Gasteiger partial charge in [-0.25, -0.2) is 0 Å². The topological polar surface area (TPSA) is 58.2 Å². The highest BCUT2D eigenvalue weighted by atomic mass is 35.5. The predicted octanol–water partition coefficient (Wildman–Crippen LogP) is 5.81. The lowest BCUT2D eigenvalue weighted by atomic mass is 10.1. The molecule has 29 heavy (non-hydrogen) atoms. The number of benzene rings is 3. The van der Waals surface area contributed by atoms with E-state index in [0.29, 0.717) is 21.8 Å². The number of nitrogens with one attached hydrogen (secondary N) is 2. The molecule has 0 aromatic heterocycles. The number of hydrogen-bond donors (Lipinski definition) is 2. The minimum Gasteiger partial charge on any atom is -0.345 e. The van der Waals surface area contributed by atoms with Crippen LogP contribution in [0.25, 0.3) is 0 Å². The van der Waals surface area contributed by atoms with Crippen LogP contribution in [0, 0.1) is 0 Å². The molecule has 0 spiro atoms. The van der Waals surface area contributed by atoms with Crippen LogP contribution in [0.5, 0.6) is 0 Å². The number of carbonyl (C=O) groups excluding carboxylic acids is 2. The van der Waals surface area contributed by atoms with Gasteiger partial charge in [0.1, 0.15) is 0 Å². The van der Waals surface area contributed by atoms with Crippen molar-refractivity contribution in [3.8, 4) is 0 Å². The number of hydrogen-bond acceptors (Lipinski definition) is 3. The van der Waals surface area contributed by atoms with Gasteiger partial charge in [0.15, 0.2) is 0 Å². The summed E-state index contributed by atoms with van der Waals surface area (Å²) in [5, 5.41) is 6.16. The fourth-order valence-electron chi connectivity index (χ4n) is 2.88. The Morgan fingerprint density at radius 3 is 2.31 bits per heavy atom. The summed E-state index contributed by atoms with van der Waals surface area (Å²) in [6.45, 7) is 1.92. The van der Waals surface area contributed by atoms with Gasteiger partial charge in [0, 0.05) is 4.90 Å². The molecule has 148 valence electrons. The summed E-state index contributed by atoms with van der Waals surface area (Å²) in [4.78, 5) is 26.6. The lowest BCUT2D eigenvalue weighted by molar-refractivity contribution is 0.0941. The van der Waals surface area contributed by atoms with E-state index in [1.807, 2.05) is 49.6 Å². The number of para-hydroxylation sites is 1. The minimum atomic E-state index is -0.359. The molecule has 1 atom stereocenters. The van der Waals surface area contributed by atoms with Crippen LogP contribution in [0.4, 0.5) is 5.69 Å². The van der Waals surface area contributed by atoms with E-state index in [9.17, 15) is 9.59 Å². The number of rotatable bonds is 6. The maximum Gasteiger partial charge on any atom is 0.257 e. The maximum absolute atomic E-state index is 12.8. The lowest BCUT2D eigenvalue weighted by Gasteiger charge is -2.16. The van der Waals surface area contributed by atoms with Crippen molar-refractivity contribution in [2.75, 3.05) is 11.6 Å². The monoisotopic (exact) mass is 424 g/mol. The van der Waals surface area contributed by atoms with Crippen LogP contribution in [0.1, 0.15) is 39.2 Å². The summed E-state index contributed by atoms with van der Waals surface area (Å²) in [5.74, 6) is -0.622. The zero-order valence-electron chi connectivity index (χ0n) is 16.1. The van der Waals surface area contributed by atoms with E-state index in [2.05, 4.69) is 10.6 Å². The Morgan fingerprint density at radius 1 is 0.897 bits per heavy atom. The smallest absolute Gasteiger partial charge is 0.257 e. The SMILES string of the molecule is CSc1ccc(Cl)c(C(=O)Nc2ccccc2C(=O)NC(C)c2ccccc2)c1. The third kappa shape index (κ3) is 5.19. The molecule has 0 aliphatic heterocycles. The molecular weight excluding hydrogens is 404 g/mol. The van der Waals surface area contributed by atoms with Crippen LogP contribution in [-0.2, 0) is 0 Å². The summed E-state index contributed by atoms with van der Waals surface area (Å²) in [6, 6.07) is 21.7. The van der Waals surface area contributed by atoms with E-state index in [4.69, 9.17) is 11.6 Å². The minimum absolute atomic E-state index is 0.167. The largest absolute Gasteiger partial charge is 0.345 e. The first-order valence-corrected chi connectivity index (χ1v) is 10.7. The van der Waals surface area contributed by atoms with E-state index in [-0.39, 0.29) is 17.9 Å². The molecule has 6 heteroatoms. The molecule has 0 saturated heterocycles. The summed E-state index contributed by atoms with van der Waals surface area (Å²) >= 11 is 7.73. The molecule has 0 bridgehead atoms. The third-order valence-corrected chi connectivity index (χ3v) is 5.54. The van der Waals surface area contributed by atoms with Crippen molar-refractivity contribution in [1.82, 2.24) is 5.32 Å². The first-order valence-electron chi connectivity index (χ1n) is 9.09. The Kier molecular flexibility index (Phi) is 6.96. The van der Waals surface area contributed by atoms with E-state index in [1.165, 1.54) is 11.8 Å². The highest BCUT2D eigenvalue weighted by molar-refractivity contribution is 7.98. The van der Waals surface area contributed by atoms with Crippen LogP contribution in [-0.4, -0.2) is 18.1 Å². The number of carbonyl (C=O) groups is 2. The number of thioether (sulfide) groups is 1. The van der Waals surface area contributed by atoms with Crippen molar-refractivity contribution >= 4 is 40.9 Å². The van der Waals surface area contributed by atoms with E-state index < -0.39 is 0 Å². The van der Waals surface area contributed by atoms with E-state index >= 15 is 0 Å². The third-order valence-electron chi connectivity index (χ3n) is 4.49. The fourth-order valence-corrected chi connectivity index (χ4v) is 3.53. The van der Waals surface area contributed by atoms with E-state index in [0.717, 1.165) is 10.5 Å².